The summed E-state index contributed by atoms with van der Waals surface area (Å²) in [5, 5.41) is 14.6. The molecule has 2 aromatic rings. The molecule has 1 saturated carbocycles. The molecular formula is C26H30N2O5. The molecule has 0 heterocycles. The Hall–Kier alpha value is -3.35. The second-order valence-electron chi connectivity index (χ2n) is 9.27. The van der Waals surface area contributed by atoms with Crippen molar-refractivity contribution < 1.29 is 24.2 Å². The van der Waals surface area contributed by atoms with E-state index in [9.17, 15) is 14.4 Å². The zero-order valence-corrected chi connectivity index (χ0v) is 18.9. The lowest BCUT2D eigenvalue weighted by atomic mass is 9.98. The molecule has 3 N–H and O–H groups in total. The van der Waals surface area contributed by atoms with E-state index in [1.54, 1.807) is 0 Å². The SMILES string of the molecule is CC(C)[C@H](CC(=O)NC[C@@H]1C[C@@H]1C(=O)O)NC(=O)OCC1c2ccccc2-c2ccccc21. The van der Waals surface area contributed by atoms with Crippen LogP contribution in [0.1, 0.15) is 43.7 Å². The van der Waals surface area contributed by atoms with Crippen LogP contribution in [0.25, 0.3) is 11.1 Å². The van der Waals surface area contributed by atoms with Gasteiger partial charge in [-0.25, -0.2) is 4.79 Å². The van der Waals surface area contributed by atoms with Crippen LogP contribution >= 0.6 is 0 Å². The number of ether oxygens (including phenoxy) is 1. The quantitative estimate of drug-likeness (QED) is 0.539. The molecule has 3 atom stereocenters. The topological polar surface area (TPSA) is 105 Å². The molecule has 0 radical (unpaired) electrons. The first kappa shape index (κ1) is 22.8. The van der Waals surface area contributed by atoms with Crippen LogP contribution in [0.5, 0.6) is 0 Å². The standard InChI is InChI=1S/C26H30N2O5/c1-15(2)23(12-24(29)27-13-16-11-21(16)25(30)31)28-26(32)33-14-22-19-9-5-3-7-17(19)18-8-4-6-10-20(18)22/h3-10,15-16,21-23H,11-14H2,1-2H3,(H,27,29)(H,28,32)(H,30,31)/t16-,21-,23-/m0/s1. The summed E-state index contributed by atoms with van der Waals surface area (Å²) < 4.78 is 5.60. The van der Waals surface area contributed by atoms with Crippen LogP contribution < -0.4 is 10.6 Å². The van der Waals surface area contributed by atoms with Crippen molar-refractivity contribution in [3.05, 3.63) is 59.7 Å². The number of carbonyl (C=O) groups excluding carboxylic acids is 2. The minimum atomic E-state index is -0.814. The molecule has 0 saturated heterocycles. The van der Waals surface area contributed by atoms with Gasteiger partial charge in [-0.3, -0.25) is 9.59 Å². The zero-order valence-electron chi connectivity index (χ0n) is 18.9. The van der Waals surface area contributed by atoms with Crippen molar-refractivity contribution in [1.29, 1.82) is 0 Å². The molecule has 0 bridgehead atoms. The number of rotatable bonds is 9. The maximum absolute atomic E-state index is 12.6. The van der Waals surface area contributed by atoms with Crippen molar-refractivity contribution in [2.75, 3.05) is 13.2 Å². The largest absolute Gasteiger partial charge is 0.481 e. The Bertz CT molecular complexity index is 1000. The van der Waals surface area contributed by atoms with Gasteiger partial charge in [-0.1, -0.05) is 62.4 Å². The van der Waals surface area contributed by atoms with E-state index in [2.05, 4.69) is 34.9 Å². The van der Waals surface area contributed by atoms with E-state index in [-0.39, 0.29) is 48.6 Å². The Morgan fingerprint density at radius 3 is 2.18 bits per heavy atom. The van der Waals surface area contributed by atoms with Gasteiger partial charge in [-0.2, -0.15) is 0 Å². The van der Waals surface area contributed by atoms with Gasteiger partial charge in [0.1, 0.15) is 6.61 Å². The predicted octanol–water partition coefficient (Wildman–Crippen LogP) is 3.78. The highest BCUT2D eigenvalue weighted by atomic mass is 16.5. The number of fused-ring (bicyclic) bond motifs is 3. The van der Waals surface area contributed by atoms with Crippen LogP contribution in [0, 0.1) is 17.8 Å². The van der Waals surface area contributed by atoms with Crippen LogP contribution in [0.3, 0.4) is 0 Å². The monoisotopic (exact) mass is 450 g/mol. The third-order valence-electron chi connectivity index (χ3n) is 6.66. The van der Waals surface area contributed by atoms with E-state index in [0.717, 1.165) is 11.1 Å². The lowest BCUT2D eigenvalue weighted by Crippen LogP contribution is -2.43. The lowest BCUT2D eigenvalue weighted by Gasteiger charge is -2.22. The van der Waals surface area contributed by atoms with Crippen molar-refractivity contribution in [2.45, 2.75) is 38.6 Å². The first-order chi connectivity index (χ1) is 15.8. The Morgan fingerprint density at radius 2 is 1.64 bits per heavy atom. The van der Waals surface area contributed by atoms with E-state index >= 15 is 0 Å². The molecule has 174 valence electrons. The first-order valence-electron chi connectivity index (χ1n) is 11.5. The van der Waals surface area contributed by atoms with Gasteiger partial charge in [0, 0.05) is 24.9 Å². The number of aliphatic carboxylic acids is 1. The molecule has 2 aliphatic rings. The molecule has 33 heavy (non-hydrogen) atoms. The number of hydrogen-bond donors (Lipinski definition) is 3. The van der Waals surface area contributed by atoms with E-state index in [1.807, 2.05) is 38.1 Å². The second-order valence-corrected chi connectivity index (χ2v) is 9.27. The van der Waals surface area contributed by atoms with E-state index in [4.69, 9.17) is 9.84 Å². The van der Waals surface area contributed by atoms with Gasteiger partial charge < -0.3 is 20.5 Å². The van der Waals surface area contributed by atoms with Gasteiger partial charge in [-0.15, -0.1) is 0 Å². The predicted molar refractivity (Wildman–Crippen MR) is 124 cm³/mol. The summed E-state index contributed by atoms with van der Waals surface area (Å²) in [7, 11) is 0. The van der Waals surface area contributed by atoms with Gasteiger partial charge in [0.05, 0.1) is 5.92 Å². The van der Waals surface area contributed by atoms with Crippen molar-refractivity contribution in [1.82, 2.24) is 10.6 Å². The van der Waals surface area contributed by atoms with E-state index in [0.29, 0.717) is 13.0 Å². The number of benzene rings is 2. The fourth-order valence-corrected chi connectivity index (χ4v) is 4.54. The minimum Gasteiger partial charge on any atom is -0.481 e. The summed E-state index contributed by atoms with van der Waals surface area (Å²) in [6.45, 7) is 4.44. The summed E-state index contributed by atoms with van der Waals surface area (Å²) in [6.07, 6.45) is 0.171. The Labute approximate surface area is 193 Å². The highest BCUT2D eigenvalue weighted by molar-refractivity contribution is 5.80. The second kappa shape index (κ2) is 9.65. The van der Waals surface area contributed by atoms with Gasteiger partial charge in [0.15, 0.2) is 0 Å². The van der Waals surface area contributed by atoms with Gasteiger partial charge in [-0.05, 0) is 40.5 Å². The number of amides is 2. The zero-order chi connectivity index (χ0) is 23.5. The third-order valence-corrected chi connectivity index (χ3v) is 6.66. The number of carboxylic acid groups (broad SMARTS) is 1. The highest BCUT2D eigenvalue weighted by Gasteiger charge is 2.43. The van der Waals surface area contributed by atoms with Crippen molar-refractivity contribution >= 4 is 18.0 Å². The smallest absolute Gasteiger partial charge is 0.407 e. The molecule has 0 aromatic heterocycles. The number of hydrogen-bond acceptors (Lipinski definition) is 4. The van der Waals surface area contributed by atoms with Gasteiger partial charge in [0.2, 0.25) is 5.91 Å². The highest BCUT2D eigenvalue weighted by Crippen LogP contribution is 2.44. The van der Waals surface area contributed by atoms with Crippen molar-refractivity contribution in [3.63, 3.8) is 0 Å². The summed E-state index contributed by atoms with van der Waals surface area (Å²) in [5.74, 6) is -1.37. The van der Waals surface area contributed by atoms with E-state index < -0.39 is 12.1 Å². The summed E-state index contributed by atoms with van der Waals surface area (Å²) in [5.41, 5.74) is 4.62. The molecular weight excluding hydrogens is 420 g/mol. The number of carbonyl (C=O) groups is 3. The fourth-order valence-electron chi connectivity index (χ4n) is 4.54. The van der Waals surface area contributed by atoms with Crippen LogP contribution in [0.4, 0.5) is 4.79 Å². The average Bonchev–Trinajstić information content (AvgIpc) is 3.51. The third kappa shape index (κ3) is 5.18. The molecule has 2 aromatic carbocycles. The first-order valence-corrected chi connectivity index (χ1v) is 11.5. The lowest BCUT2D eigenvalue weighted by molar-refractivity contribution is -0.139. The van der Waals surface area contributed by atoms with Crippen LogP contribution in [-0.4, -0.2) is 42.3 Å². The van der Waals surface area contributed by atoms with Crippen molar-refractivity contribution in [3.8, 4) is 11.1 Å². The van der Waals surface area contributed by atoms with Gasteiger partial charge in [0.25, 0.3) is 0 Å². The molecule has 7 nitrogen and oxygen atoms in total. The van der Waals surface area contributed by atoms with Crippen LogP contribution in [0.15, 0.2) is 48.5 Å². The van der Waals surface area contributed by atoms with Crippen LogP contribution in [-0.2, 0) is 14.3 Å². The molecule has 4 rings (SSSR count). The molecule has 2 amide bonds. The van der Waals surface area contributed by atoms with Crippen molar-refractivity contribution in [2.24, 2.45) is 17.8 Å². The molecule has 7 heteroatoms. The van der Waals surface area contributed by atoms with Gasteiger partial charge >= 0.3 is 12.1 Å². The number of alkyl carbamates (subject to hydrolysis) is 1. The molecule has 0 spiro atoms. The number of carboxylic acids is 1. The molecule has 0 aliphatic heterocycles. The summed E-state index contributed by atoms with van der Waals surface area (Å²) in [4.78, 5) is 35.8. The summed E-state index contributed by atoms with van der Waals surface area (Å²) >= 11 is 0. The maximum atomic E-state index is 12.6. The normalized spacial score (nSPS) is 19.4. The number of nitrogens with one attached hydrogen (secondary N) is 2. The summed E-state index contributed by atoms with van der Waals surface area (Å²) in [6, 6.07) is 15.9. The Kier molecular flexibility index (Phi) is 6.67. The Balaban J connectivity index is 1.30. The van der Waals surface area contributed by atoms with E-state index in [1.165, 1.54) is 11.1 Å². The molecule has 1 fully saturated rings. The Morgan fingerprint density at radius 1 is 1.03 bits per heavy atom. The fraction of sp³-hybridized carbons (Fsp3) is 0.423. The van der Waals surface area contributed by atoms with Crippen LogP contribution in [0.2, 0.25) is 0 Å². The molecule has 0 unspecified atom stereocenters. The minimum absolute atomic E-state index is 0.000888. The average molecular weight is 451 g/mol. The maximum Gasteiger partial charge on any atom is 0.407 e. The molecule has 2 aliphatic carbocycles.